The maximum Gasteiger partial charge on any atom is 0.254 e. The summed E-state index contributed by atoms with van der Waals surface area (Å²) in [7, 11) is 0. The van der Waals surface area contributed by atoms with E-state index in [4.69, 9.17) is 9.47 Å². The maximum absolute atomic E-state index is 13.0. The van der Waals surface area contributed by atoms with Crippen LogP contribution in [0.3, 0.4) is 0 Å². The van der Waals surface area contributed by atoms with E-state index >= 15 is 0 Å². The van der Waals surface area contributed by atoms with E-state index in [-0.39, 0.29) is 11.8 Å². The van der Waals surface area contributed by atoms with Crippen molar-refractivity contribution in [2.45, 2.75) is 6.92 Å². The Morgan fingerprint density at radius 2 is 1.36 bits per heavy atom. The molecule has 8 nitrogen and oxygen atoms in total. The minimum atomic E-state index is -0.0638. The van der Waals surface area contributed by atoms with Crippen LogP contribution in [0.15, 0.2) is 18.2 Å². The second-order valence-electron chi connectivity index (χ2n) is 6.88. The van der Waals surface area contributed by atoms with Crippen LogP contribution in [0.4, 0.5) is 0 Å². The number of carbonyl (C=O) groups is 2. The highest BCUT2D eigenvalue weighted by Crippen LogP contribution is 2.21. The fourth-order valence-corrected chi connectivity index (χ4v) is 3.39. The predicted molar refractivity (Wildman–Crippen MR) is 106 cm³/mol. The maximum atomic E-state index is 13.0. The van der Waals surface area contributed by atoms with Crippen molar-refractivity contribution in [2.24, 2.45) is 0 Å². The third kappa shape index (κ3) is 5.43. The lowest BCUT2D eigenvalue weighted by molar-refractivity contribution is 0.0732. The smallest absolute Gasteiger partial charge is 0.254 e. The molecule has 0 aromatic heterocycles. The molecule has 8 heteroatoms. The van der Waals surface area contributed by atoms with Gasteiger partial charge >= 0.3 is 0 Å². The second-order valence-corrected chi connectivity index (χ2v) is 6.88. The molecule has 0 bridgehead atoms. The van der Waals surface area contributed by atoms with E-state index in [0.29, 0.717) is 62.9 Å². The second kappa shape index (κ2) is 10.4. The van der Waals surface area contributed by atoms with Gasteiger partial charge in [0.25, 0.3) is 11.8 Å². The molecule has 1 aromatic rings. The van der Waals surface area contributed by atoms with Crippen molar-refractivity contribution in [2.75, 3.05) is 72.2 Å². The van der Waals surface area contributed by atoms with Crippen molar-refractivity contribution < 1.29 is 19.1 Å². The van der Waals surface area contributed by atoms with Crippen molar-refractivity contribution >= 4 is 11.8 Å². The van der Waals surface area contributed by atoms with Gasteiger partial charge in [-0.15, -0.1) is 0 Å². The molecule has 3 rings (SSSR count). The Balaban J connectivity index is 1.80. The Morgan fingerprint density at radius 1 is 0.857 bits per heavy atom. The molecular formula is C20H30N4O4. The van der Waals surface area contributed by atoms with Crippen LogP contribution in [0.1, 0.15) is 27.6 Å². The summed E-state index contributed by atoms with van der Waals surface area (Å²) in [6, 6.07) is 5.15. The molecule has 2 amide bonds. The summed E-state index contributed by atoms with van der Waals surface area (Å²) in [6.45, 7) is 9.16. The number of benzene rings is 1. The number of amides is 2. The summed E-state index contributed by atoms with van der Waals surface area (Å²) in [5, 5.41) is 6.49. The van der Waals surface area contributed by atoms with Crippen LogP contribution < -0.4 is 15.4 Å². The zero-order chi connectivity index (χ0) is 19.8. The number of nitrogens with zero attached hydrogens (tertiary/aromatic N) is 2. The third-order valence-corrected chi connectivity index (χ3v) is 4.91. The topological polar surface area (TPSA) is 83.1 Å². The first-order chi connectivity index (χ1) is 13.7. The Hall–Kier alpha value is -2.16. The molecule has 2 aliphatic rings. The van der Waals surface area contributed by atoms with Gasteiger partial charge in [-0.3, -0.25) is 9.59 Å². The van der Waals surface area contributed by atoms with Crippen LogP contribution in [0.5, 0.6) is 5.75 Å². The van der Waals surface area contributed by atoms with Gasteiger partial charge in [-0.2, -0.15) is 0 Å². The molecule has 0 atom stereocenters. The van der Waals surface area contributed by atoms with Crippen LogP contribution in [0.25, 0.3) is 0 Å². The van der Waals surface area contributed by atoms with E-state index in [2.05, 4.69) is 10.6 Å². The van der Waals surface area contributed by atoms with E-state index in [1.54, 1.807) is 18.2 Å². The standard InChI is InChI=1S/C20H30N4O4/c1-2-27-11-12-28-18-14-16(19(25)23-7-3-21-4-8-23)13-17(15-18)20(26)24-9-5-22-6-10-24/h13-15,21-22H,2-12H2,1H3. The van der Waals surface area contributed by atoms with E-state index in [1.165, 1.54) is 0 Å². The lowest BCUT2D eigenvalue weighted by Crippen LogP contribution is -2.47. The summed E-state index contributed by atoms with van der Waals surface area (Å²) in [5.74, 6) is 0.399. The number of ether oxygens (including phenoxy) is 2. The lowest BCUT2D eigenvalue weighted by Gasteiger charge is -2.29. The number of hydrogen-bond acceptors (Lipinski definition) is 6. The summed E-state index contributed by atoms with van der Waals surface area (Å²) < 4.78 is 11.1. The average molecular weight is 390 g/mol. The van der Waals surface area contributed by atoms with Crippen LogP contribution in [-0.2, 0) is 4.74 Å². The third-order valence-electron chi connectivity index (χ3n) is 4.91. The minimum Gasteiger partial charge on any atom is -0.491 e. The van der Waals surface area contributed by atoms with Gasteiger partial charge in [-0.25, -0.2) is 0 Å². The molecule has 2 saturated heterocycles. The first-order valence-corrected chi connectivity index (χ1v) is 10.0. The molecule has 0 aliphatic carbocycles. The monoisotopic (exact) mass is 390 g/mol. The van der Waals surface area contributed by atoms with Crippen molar-refractivity contribution in [3.63, 3.8) is 0 Å². The Kier molecular flexibility index (Phi) is 7.64. The van der Waals surface area contributed by atoms with Crippen molar-refractivity contribution in [1.29, 1.82) is 0 Å². The number of rotatable bonds is 7. The summed E-state index contributed by atoms with van der Waals surface area (Å²) >= 11 is 0. The Bertz CT molecular complexity index is 622. The summed E-state index contributed by atoms with van der Waals surface area (Å²) in [4.78, 5) is 29.6. The highest BCUT2D eigenvalue weighted by Gasteiger charge is 2.23. The summed E-state index contributed by atoms with van der Waals surface area (Å²) in [5.41, 5.74) is 0.989. The highest BCUT2D eigenvalue weighted by atomic mass is 16.5. The average Bonchev–Trinajstić information content (AvgIpc) is 2.76. The van der Waals surface area contributed by atoms with E-state index in [1.807, 2.05) is 16.7 Å². The van der Waals surface area contributed by atoms with Crippen LogP contribution in [0.2, 0.25) is 0 Å². The number of hydrogen-bond donors (Lipinski definition) is 2. The first kappa shape index (κ1) is 20.6. The van der Waals surface area contributed by atoms with E-state index in [0.717, 1.165) is 26.2 Å². The quantitative estimate of drug-likeness (QED) is 0.647. The van der Waals surface area contributed by atoms with Gasteiger partial charge in [0.15, 0.2) is 0 Å². The minimum absolute atomic E-state index is 0.0638. The van der Waals surface area contributed by atoms with Gasteiger partial charge < -0.3 is 29.9 Å². The number of nitrogens with one attached hydrogen (secondary N) is 2. The SMILES string of the molecule is CCOCCOc1cc(C(=O)N2CCNCC2)cc(C(=O)N2CCNCC2)c1. The van der Waals surface area contributed by atoms with Crippen LogP contribution in [0, 0.1) is 0 Å². The molecular weight excluding hydrogens is 360 g/mol. The molecule has 0 spiro atoms. The van der Waals surface area contributed by atoms with Gasteiger partial charge in [-0.05, 0) is 25.1 Å². The van der Waals surface area contributed by atoms with Gasteiger partial charge in [0.1, 0.15) is 12.4 Å². The van der Waals surface area contributed by atoms with E-state index in [9.17, 15) is 9.59 Å². The molecule has 0 radical (unpaired) electrons. The van der Waals surface area contributed by atoms with Gasteiger partial charge in [0.2, 0.25) is 0 Å². The van der Waals surface area contributed by atoms with Crippen LogP contribution in [-0.4, -0.2) is 93.8 Å². The number of carbonyl (C=O) groups excluding carboxylic acids is 2. The number of piperazine rings is 2. The molecule has 28 heavy (non-hydrogen) atoms. The molecule has 2 N–H and O–H groups in total. The van der Waals surface area contributed by atoms with Gasteiger partial charge in [0.05, 0.1) is 6.61 Å². The zero-order valence-electron chi connectivity index (χ0n) is 16.5. The fourth-order valence-electron chi connectivity index (χ4n) is 3.39. The normalized spacial score (nSPS) is 17.5. The molecule has 0 unspecified atom stereocenters. The summed E-state index contributed by atoms with van der Waals surface area (Å²) in [6.07, 6.45) is 0. The molecule has 2 heterocycles. The van der Waals surface area contributed by atoms with Crippen molar-refractivity contribution in [3.05, 3.63) is 29.3 Å². The van der Waals surface area contributed by atoms with Crippen LogP contribution >= 0.6 is 0 Å². The highest BCUT2D eigenvalue weighted by molar-refractivity contribution is 6.00. The first-order valence-electron chi connectivity index (χ1n) is 10.0. The zero-order valence-corrected chi connectivity index (χ0v) is 16.5. The Morgan fingerprint density at radius 3 is 1.82 bits per heavy atom. The molecule has 2 fully saturated rings. The van der Waals surface area contributed by atoms with Crippen molar-refractivity contribution in [3.8, 4) is 5.75 Å². The lowest BCUT2D eigenvalue weighted by atomic mass is 10.1. The molecule has 2 aliphatic heterocycles. The largest absolute Gasteiger partial charge is 0.491 e. The molecule has 1 aromatic carbocycles. The fraction of sp³-hybridized carbons (Fsp3) is 0.600. The Labute approximate surface area is 166 Å². The van der Waals surface area contributed by atoms with Crippen molar-refractivity contribution in [1.82, 2.24) is 20.4 Å². The predicted octanol–water partition coefficient (Wildman–Crippen LogP) is 0.193. The molecule has 0 saturated carbocycles. The molecule has 154 valence electrons. The van der Waals surface area contributed by atoms with Gasteiger partial charge in [-0.1, -0.05) is 0 Å². The van der Waals surface area contributed by atoms with Gasteiger partial charge in [0, 0.05) is 70.1 Å². The van der Waals surface area contributed by atoms with E-state index < -0.39 is 0 Å².